The maximum atomic E-state index is 12.4. The van der Waals surface area contributed by atoms with Gasteiger partial charge < -0.3 is 29.6 Å². The minimum atomic E-state index is -0.456. The smallest absolute Gasteiger partial charge is 0.259 e. The van der Waals surface area contributed by atoms with Crippen LogP contribution in [0, 0.1) is 0 Å². The van der Waals surface area contributed by atoms with Crippen LogP contribution in [0.5, 0.6) is 23.0 Å². The fraction of sp³-hybridized carbons (Fsp3) is 0.263. The molecule has 142 valence electrons. The molecule has 2 aromatic rings. The van der Waals surface area contributed by atoms with E-state index in [1.165, 1.54) is 14.2 Å². The fourth-order valence-corrected chi connectivity index (χ4v) is 2.64. The Bertz CT molecular complexity index is 830. The molecule has 0 atom stereocenters. The highest BCUT2D eigenvalue weighted by molar-refractivity contribution is 6.01. The molecular formula is C19H20N2O6. The Hall–Kier alpha value is -3.42. The number of hydrogen-bond donors (Lipinski definition) is 2. The molecule has 0 unspecified atom stereocenters. The van der Waals surface area contributed by atoms with Gasteiger partial charge >= 0.3 is 0 Å². The minimum Gasteiger partial charge on any atom is -0.496 e. The Morgan fingerprint density at radius 3 is 2.41 bits per heavy atom. The van der Waals surface area contributed by atoms with Crippen LogP contribution in [0.1, 0.15) is 15.9 Å². The van der Waals surface area contributed by atoms with Gasteiger partial charge in [-0.05, 0) is 29.8 Å². The molecule has 8 nitrogen and oxygen atoms in total. The minimum absolute atomic E-state index is 0.176. The number of nitrogens with one attached hydrogen (secondary N) is 2. The molecule has 0 fully saturated rings. The number of hydrogen-bond acceptors (Lipinski definition) is 6. The van der Waals surface area contributed by atoms with Gasteiger partial charge in [0, 0.05) is 6.54 Å². The average molecular weight is 372 g/mol. The molecule has 2 aromatic carbocycles. The van der Waals surface area contributed by atoms with Gasteiger partial charge in [-0.15, -0.1) is 0 Å². The molecule has 0 radical (unpaired) electrons. The third-order valence-corrected chi connectivity index (χ3v) is 3.99. The number of carbonyl (C=O) groups is 2. The van der Waals surface area contributed by atoms with Crippen LogP contribution in [0.15, 0.2) is 36.4 Å². The second-order valence-electron chi connectivity index (χ2n) is 5.68. The summed E-state index contributed by atoms with van der Waals surface area (Å²) in [6.45, 7) is 0.331. The lowest BCUT2D eigenvalue weighted by atomic mass is 10.1. The first-order chi connectivity index (χ1) is 13.1. The number of fused-ring (bicyclic) bond motifs is 1. The van der Waals surface area contributed by atoms with Crippen molar-refractivity contribution in [2.24, 2.45) is 0 Å². The van der Waals surface area contributed by atoms with Crippen LogP contribution >= 0.6 is 0 Å². The van der Waals surface area contributed by atoms with Crippen molar-refractivity contribution < 1.29 is 28.5 Å². The van der Waals surface area contributed by atoms with Crippen molar-refractivity contribution in [2.75, 3.05) is 27.6 Å². The topological polar surface area (TPSA) is 95.1 Å². The Balaban J connectivity index is 1.54. The van der Waals surface area contributed by atoms with Gasteiger partial charge in [-0.1, -0.05) is 12.1 Å². The lowest BCUT2D eigenvalue weighted by Crippen LogP contribution is -2.36. The number of benzene rings is 2. The van der Waals surface area contributed by atoms with Crippen molar-refractivity contribution in [3.63, 3.8) is 0 Å². The van der Waals surface area contributed by atoms with E-state index < -0.39 is 5.91 Å². The van der Waals surface area contributed by atoms with E-state index in [2.05, 4.69) is 10.6 Å². The summed E-state index contributed by atoms with van der Waals surface area (Å²) < 4.78 is 20.9. The highest BCUT2D eigenvalue weighted by Crippen LogP contribution is 2.32. The van der Waals surface area contributed by atoms with E-state index in [-0.39, 0.29) is 24.8 Å². The number of amides is 2. The molecule has 1 aliphatic heterocycles. The second kappa shape index (κ2) is 8.31. The van der Waals surface area contributed by atoms with Gasteiger partial charge in [-0.25, -0.2) is 0 Å². The summed E-state index contributed by atoms with van der Waals surface area (Å²) in [6, 6.07) is 10.5. The Morgan fingerprint density at radius 2 is 1.70 bits per heavy atom. The lowest BCUT2D eigenvalue weighted by molar-refractivity contribution is -0.120. The summed E-state index contributed by atoms with van der Waals surface area (Å²) in [5, 5.41) is 5.31. The molecule has 0 aliphatic carbocycles. The Kier molecular flexibility index (Phi) is 5.65. The van der Waals surface area contributed by atoms with Crippen molar-refractivity contribution in [3.8, 4) is 23.0 Å². The SMILES string of the molecule is COc1cccc(OC)c1C(=O)NCC(=O)NCc1ccc2c(c1)OCO2. The Labute approximate surface area is 156 Å². The maximum Gasteiger partial charge on any atom is 0.259 e. The third kappa shape index (κ3) is 4.22. The zero-order valence-electron chi connectivity index (χ0n) is 15.0. The maximum absolute atomic E-state index is 12.4. The molecular weight excluding hydrogens is 352 g/mol. The van der Waals surface area contributed by atoms with Crippen LogP contribution in [0.2, 0.25) is 0 Å². The highest BCUT2D eigenvalue weighted by Gasteiger charge is 2.19. The van der Waals surface area contributed by atoms with Crippen molar-refractivity contribution in [2.45, 2.75) is 6.54 Å². The molecule has 0 spiro atoms. The van der Waals surface area contributed by atoms with Crippen molar-refractivity contribution in [1.82, 2.24) is 10.6 Å². The summed E-state index contributed by atoms with van der Waals surface area (Å²) in [4.78, 5) is 24.5. The number of methoxy groups -OCH3 is 2. The summed E-state index contributed by atoms with van der Waals surface area (Å²) in [5.41, 5.74) is 1.11. The highest BCUT2D eigenvalue weighted by atomic mass is 16.7. The van der Waals surface area contributed by atoms with E-state index in [0.717, 1.165) is 5.56 Å². The average Bonchev–Trinajstić information content (AvgIpc) is 3.17. The standard InChI is InChI=1S/C19H20N2O6/c1-24-14-4-3-5-15(25-2)18(14)19(23)21-10-17(22)20-9-12-6-7-13-16(8-12)27-11-26-13/h3-8H,9-11H2,1-2H3,(H,20,22)(H,21,23). The van der Waals surface area contributed by atoms with Crippen LogP contribution in [0.4, 0.5) is 0 Å². The molecule has 2 N–H and O–H groups in total. The predicted molar refractivity (Wildman–Crippen MR) is 96.3 cm³/mol. The molecule has 27 heavy (non-hydrogen) atoms. The molecule has 1 aliphatic rings. The number of rotatable bonds is 7. The molecule has 0 bridgehead atoms. The Morgan fingerprint density at radius 1 is 1.00 bits per heavy atom. The first-order valence-corrected chi connectivity index (χ1v) is 8.26. The van der Waals surface area contributed by atoms with E-state index in [1.807, 2.05) is 6.07 Å². The van der Waals surface area contributed by atoms with Crippen LogP contribution in [-0.2, 0) is 11.3 Å². The molecule has 0 saturated heterocycles. The van der Waals surface area contributed by atoms with E-state index in [1.54, 1.807) is 30.3 Å². The fourth-order valence-electron chi connectivity index (χ4n) is 2.64. The molecule has 8 heteroatoms. The van der Waals surface area contributed by atoms with Gasteiger partial charge in [0.25, 0.3) is 5.91 Å². The monoisotopic (exact) mass is 372 g/mol. The van der Waals surface area contributed by atoms with E-state index >= 15 is 0 Å². The van der Waals surface area contributed by atoms with Gasteiger partial charge in [-0.2, -0.15) is 0 Å². The van der Waals surface area contributed by atoms with Gasteiger partial charge in [-0.3, -0.25) is 9.59 Å². The zero-order chi connectivity index (χ0) is 19.2. The first kappa shape index (κ1) is 18.4. The van der Waals surface area contributed by atoms with Crippen molar-refractivity contribution in [3.05, 3.63) is 47.5 Å². The van der Waals surface area contributed by atoms with Crippen molar-refractivity contribution in [1.29, 1.82) is 0 Å². The van der Waals surface area contributed by atoms with Gasteiger partial charge in [0.1, 0.15) is 17.1 Å². The van der Waals surface area contributed by atoms with Crippen LogP contribution < -0.4 is 29.6 Å². The summed E-state index contributed by atoms with van der Waals surface area (Å²) in [5.74, 6) is 1.29. The van der Waals surface area contributed by atoms with Crippen LogP contribution in [-0.4, -0.2) is 39.4 Å². The summed E-state index contributed by atoms with van der Waals surface area (Å²) in [6.07, 6.45) is 0. The molecule has 0 aromatic heterocycles. The van der Waals surface area contributed by atoms with E-state index in [0.29, 0.717) is 29.5 Å². The molecule has 3 rings (SSSR count). The van der Waals surface area contributed by atoms with Crippen molar-refractivity contribution >= 4 is 11.8 Å². The number of carbonyl (C=O) groups excluding carboxylic acids is 2. The molecule has 2 amide bonds. The second-order valence-corrected chi connectivity index (χ2v) is 5.68. The zero-order valence-corrected chi connectivity index (χ0v) is 15.0. The molecule has 1 heterocycles. The quantitative estimate of drug-likeness (QED) is 0.764. The third-order valence-electron chi connectivity index (χ3n) is 3.99. The first-order valence-electron chi connectivity index (χ1n) is 8.26. The lowest BCUT2D eigenvalue weighted by Gasteiger charge is -2.13. The van der Waals surface area contributed by atoms with Gasteiger partial charge in [0.2, 0.25) is 12.7 Å². The molecule has 0 saturated carbocycles. The van der Waals surface area contributed by atoms with Gasteiger partial charge in [0.05, 0.1) is 20.8 Å². The number of ether oxygens (including phenoxy) is 4. The predicted octanol–water partition coefficient (Wildman–Crippen LogP) is 1.48. The van der Waals surface area contributed by atoms with Crippen LogP contribution in [0.3, 0.4) is 0 Å². The largest absolute Gasteiger partial charge is 0.496 e. The normalized spacial score (nSPS) is 11.6. The van der Waals surface area contributed by atoms with E-state index in [4.69, 9.17) is 18.9 Å². The summed E-state index contributed by atoms with van der Waals surface area (Å²) >= 11 is 0. The van der Waals surface area contributed by atoms with E-state index in [9.17, 15) is 9.59 Å². The summed E-state index contributed by atoms with van der Waals surface area (Å²) in [7, 11) is 2.92. The van der Waals surface area contributed by atoms with Gasteiger partial charge in [0.15, 0.2) is 11.5 Å². The van der Waals surface area contributed by atoms with Crippen LogP contribution in [0.25, 0.3) is 0 Å².